The lowest BCUT2D eigenvalue weighted by Gasteiger charge is -2.38. The second-order valence-electron chi connectivity index (χ2n) is 6.17. The Morgan fingerprint density at radius 2 is 2.00 bits per heavy atom. The minimum absolute atomic E-state index is 0.0519. The van der Waals surface area contributed by atoms with Gasteiger partial charge in [0.15, 0.2) is 6.29 Å². The van der Waals surface area contributed by atoms with E-state index in [0.29, 0.717) is 6.42 Å². The van der Waals surface area contributed by atoms with Crippen LogP contribution >= 0.6 is 0 Å². The number of aliphatic hydroxyl groups is 4. The molecule has 1 aliphatic rings. The van der Waals surface area contributed by atoms with E-state index in [4.69, 9.17) is 11.2 Å². The van der Waals surface area contributed by atoms with Gasteiger partial charge in [-0.05, 0) is 45.2 Å². The third kappa shape index (κ3) is 5.78. The summed E-state index contributed by atoms with van der Waals surface area (Å²) in [6.07, 6.45) is -0.753. The Kier molecular flexibility index (Phi) is 7.48. The van der Waals surface area contributed by atoms with Crippen LogP contribution in [0.1, 0.15) is 41.4 Å². The topological polar surface area (TPSA) is 103 Å². The van der Waals surface area contributed by atoms with Crippen LogP contribution in [0, 0.1) is 5.92 Å². The van der Waals surface area contributed by atoms with Crippen molar-refractivity contribution in [2.45, 2.75) is 70.7 Å². The van der Waals surface area contributed by atoms with E-state index in [1.165, 1.54) is 5.57 Å². The summed E-state index contributed by atoms with van der Waals surface area (Å²) in [7, 11) is 0. The molecule has 2 unspecified atom stereocenters. The average Bonchev–Trinajstić information content (AvgIpc) is 2.46. The van der Waals surface area contributed by atoms with Crippen LogP contribution in [0.5, 0.6) is 0 Å². The van der Waals surface area contributed by atoms with Crippen molar-refractivity contribution in [3.05, 3.63) is 11.6 Å². The molecule has 1 fully saturated rings. The molecule has 1 heterocycles. The van der Waals surface area contributed by atoms with Gasteiger partial charge in [0.1, 0.15) is 24.4 Å². The van der Waals surface area contributed by atoms with Crippen molar-refractivity contribution >= 4 is 6.19 Å². The van der Waals surface area contributed by atoms with Crippen molar-refractivity contribution in [3.63, 3.8) is 0 Å². The van der Waals surface area contributed by atoms with Gasteiger partial charge in [-0.3, -0.25) is 4.99 Å². The zero-order valence-corrected chi connectivity index (χ0v) is 13.5. The first kappa shape index (κ1) is 17.6. The lowest BCUT2D eigenvalue weighted by Crippen LogP contribution is -2.57. The van der Waals surface area contributed by atoms with Crippen LogP contribution in [0.4, 0.5) is 0 Å². The molecule has 1 rings (SSSR count). The van der Waals surface area contributed by atoms with Crippen LogP contribution in [0.2, 0.25) is 0 Å². The number of allylic oxidation sites excluding steroid dienone is 2. The Hall–Kier alpha value is -0.790. The first-order chi connectivity index (χ1) is 10.8. The van der Waals surface area contributed by atoms with E-state index >= 15 is 0 Å². The quantitative estimate of drug-likeness (QED) is 0.407. The molecule has 0 radical (unpaired) electrons. The van der Waals surface area contributed by atoms with E-state index < -0.39 is 37.3 Å². The molecule has 1 saturated heterocycles. The smallest absolute Gasteiger partial charge is 0.180 e. The van der Waals surface area contributed by atoms with Gasteiger partial charge >= 0.3 is 0 Å². The Morgan fingerprint density at radius 1 is 1.32 bits per heavy atom. The van der Waals surface area contributed by atoms with Gasteiger partial charge < -0.3 is 25.2 Å². The molecule has 0 saturated carbocycles. The van der Waals surface area contributed by atoms with E-state index in [9.17, 15) is 15.3 Å². The monoisotopic (exact) mass is 316 g/mol. The predicted octanol–water partition coefficient (Wildman–Crippen LogP) is 0.630. The molecule has 0 spiro atoms. The lowest BCUT2D eigenvalue weighted by molar-refractivity contribution is -0.248. The average molecular weight is 316 g/mol. The molecule has 6 atom stereocenters. The van der Waals surface area contributed by atoms with Crippen molar-refractivity contribution in [1.29, 1.82) is 0 Å². The van der Waals surface area contributed by atoms with Gasteiger partial charge in [0.2, 0.25) is 0 Å². The Labute approximate surface area is 133 Å². The number of rotatable bonds is 7. The minimum Gasteiger partial charge on any atom is -0.394 e. The molecule has 0 aromatic carbocycles. The zero-order chi connectivity index (χ0) is 17.6. The largest absolute Gasteiger partial charge is 0.394 e. The molecule has 1 aliphatic heterocycles. The van der Waals surface area contributed by atoms with Crippen LogP contribution in [0.25, 0.3) is 0 Å². The third-order valence-electron chi connectivity index (χ3n) is 3.76. The first-order valence-corrected chi connectivity index (χ1v) is 7.73. The van der Waals surface area contributed by atoms with Gasteiger partial charge in [-0.2, -0.15) is 0 Å². The fourth-order valence-electron chi connectivity index (χ4n) is 2.29. The zero-order valence-electron chi connectivity index (χ0n) is 14.5. The molecule has 6 nitrogen and oxygen atoms in total. The summed E-state index contributed by atoms with van der Waals surface area (Å²) in [4.78, 5) is 4.00. The molecule has 4 N–H and O–H groups in total. The van der Waals surface area contributed by atoms with Gasteiger partial charge in [-0.1, -0.05) is 18.6 Å². The minimum atomic E-state index is -1.45. The van der Waals surface area contributed by atoms with Gasteiger partial charge in [0.05, 0.1) is 7.98 Å². The van der Waals surface area contributed by atoms with Crippen LogP contribution < -0.4 is 0 Å². The highest BCUT2D eigenvalue weighted by atomic mass is 16.6. The SMILES string of the molecule is [2H]C(CC(C)CCC=C(C)C)=N[C@H]1C(O)O[C@H](CO)[C@@H](O)[C@@H]1O. The van der Waals surface area contributed by atoms with E-state index in [-0.39, 0.29) is 12.1 Å². The Morgan fingerprint density at radius 3 is 2.59 bits per heavy atom. The van der Waals surface area contributed by atoms with Gasteiger partial charge in [-0.25, -0.2) is 0 Å². The van der Waals surface area contributed by atoms with E-state index in [1.807, 2.05) is 20.8 Å². The maximum absolute atomic E-state index is 10.00. The van der Waals surface area contributed by atoms with E-state index in [2.05, 4.69) is 11.1 Å². The van der Waals surface area contributed by atoms with Crippen LogP contribution in [-0.2, 0) is 4.74 Å². The van der Waals surface area contributed by atoms with Crippen molar-refractivity contribution in [2.24, 2.45) is 10.9 Å². The highest BCUT2D eigenvalue weighted by Crippen LogP contribution is 2.22. The Bertz CT molecular complexity index is 425. The summed E-state index contributed by atoms with van der Waals surface area (Å²) in [5.74, 6) is 0.246. The number of ether oxygens (including phenoxy) is 1. The van der Waals surface area contributed by atoms with Crippen molar-refractivity contribution in [1.82, 2.24) is 0 Å². The summed E-state index contributed by atoms with van der Waals surface area (Å²) in [5.41, 5.74) is 1.26. The summed E-state index contributed by atoms with van der Waals surface area (Å²) >= 11 is 0. The van der Waals surface area contributed by atoms with Crippen molar-refractivity contribution in [2.75, 3.05) is 6.61 Å². The molecular formula is C16H29NO5. The summed E-state index contributed by atoms with van der Waals surface area (Å²) in [6, 6.07) is -1.12. The number of hydrogen-bond acceptors (Lipinski definition) is 6. The third-order valence-corrected chi connectivity index (χ3v) is 3.76. The summed E-state index contributed by atoms with van der Waals surface area (Å²) < 4.78 is 13.0. The standard InChI is InChI=1S/C16H29NO5/c1-10(2)5-4-6-11(3)7-8-17-13-15(20)14(19)12(9-18)22-16(13)21/h5,8,11-16,18-21H,4,6-7,9H2,1-3H3/t11?,12-,13-,14-,15-,16?/m1/s1/i8D. The number of hydrogen-bond donors (Lipinski definition) is 4. The lowest BCUT2D eigenvalue weighted by atomic mass is 9.97. The summed E-state index contributed by atoms with van der Waals surface area (Å²) in [5, 5.41) is 38.7. The maximum atomic E-state index is 10.00. The molecule has 0 amide bonds. The van der Waals surface area contributed by atoms with Crippen LogP contribution in [-0.4, -0.2) is 63.9 Å². The van der Waals surface area contributed by atoms with Crippen LogP contribution in [0.15, 0.2) is 16.6 Å². The molecule has 0 aromatic rings. The van der Waals surface area contributed by atoms with Gasteiger partial charge in [0, 0.05) is 0 Å². The number of nitrogens with zero attached hydrogens (tertiary/aromatic N) is 1. The number of aliphatic imine (C=N–C) groups is 1. The van der Waals surface area contributed by atoms with Gasteiger partial charge in [-0.15, -0.1) is 0 Å². The van der Waals surface area contributed by atoms with Crippen molar-refractivity contribution < 1.29 is 26.5 Å². The Balaban J connectivity index is 2.60. The molecule has 6 heteroatoms. The fraction of sp³-hybridized carbons (Fsp3) is 0.812. The second kappa shape index (κ2) is 9.37. The molecule has 22 heavy (non-hydrogen) atoms. The second-order valence-corrected chi connectivity index (χ2v) is 6.17. The highest BCUT2D eigenvalue weighted by molar-refractivity contribution is 5.58. The highest BCUT2D eigenvalue weighted by Gasteiger charge is 2.43. The fourth-order valence-corrected chi connectivity index (χ4v) is 2.29. The molecule has 128 valence electrons. The predicted molar refractivity (Wildman–Crippen MR) is 84.7 cm³/mol. The van der Waals surface area contributed by atoms with Crippen LogP contribution in [0.3, 0.4) is 0 Å². The molecular weight excluding hydrogens is 286 g/mol. The number of aliphatic hydroxyl groups excluding tert-OH is 4. The van der Waals surface area contributed by atoms with E-state index in [1.54, 1.807) is 0 Å². The summed E-state index contributed by atoms with van der Waals surface area (Å²) in [6.45, 7) is 5.59. The first-order valence-electron chi connectivity index (χ1n) is 8.23. The van der Waals surface area contributed by atoms with Crippen molar-refractivity contribution in [3.8, 4) is 0 Å². The molecule has 0 aliphatic carbocycles. The van der Waals surface area contributed by atoms with E-state index in [0.717, 1.165) is 12.8 Å². The normalized spacial score (nSPS) is 35.0. The molecule has 0 bridgehead atoms. The molecule has 0 aromatic heterocycles. The maximum Gasteiger partial charge on any atom is 0.180 e. The van der Waals surface area contributed by atoms with Gasteiger partial charge in [0.25, 0.3) is 0 Å².